The topological polar surface area (TPSA) is 135 Å². The van der Waals surface area contributed by atoms with Crippen LogP contribution in [0.1, 0.15) is 79.3 Å². The molecule has 0 amide bonds. The summed E-state index contributed by atoms with van der Waals surface area (Å²) in [5.74, 6) is -3.36. The fourth-order valence-electron chi connectivity index (χ4n) is 5.01. The number of carbonyl (C=O) groups is 4. The largest absolute Gasteiger partial charge is 0.494 e. The highest BCUT2D eigenvalue weighted by Crippen LogP contribution is 2.30. The van der Waals surface area contributed by atoms with E-state index < -0.39 is 11.9 Å². The van der Waals surface area contributed by atoms with Crippen molar-refractivity contribution in [2.75, 3.05) is 32.8 Å². The van der Waals surface area contributed by atoms with Crippen molar-refractivity contribution in [3.63, 3.8) is 0 Å². The first-order valence-corrected chi connectivity index (χ1v) is 16.0. The summed E-state index contributed by atoms with van der Waals surface area (Å²) in [6, 6.07) is 22.6. The molecular formula is C37H44N2O8. The van der Waals surface area contributed by atoms with Crippen LogP contribution in [0.5, 0.6) is 5.75 Å². The molecule has 2 aromatic carbocycles. The van der Waals surface area contributed by atoms with Gasteiger partial charge in [0.25, 0.3) is 0 Å². The molecule has 2 N–H and O–H groups in total. The van der Waals surface area contributed by atoms with E-state index in [1.165, 1.54) is 25.7 Å². The minimum atomic E-state index is -1.82. The summed E-state index contributed by atoms with van der Waals surface area (Å²) < 4.78 is 13.0. The Morgan fingerprint density at radius 1 is 0.745 bits per heavy atom. The van der Waals surface area contributed by atoms with Crippen molar-refractivity contribution in [1.82, 2.24) is 9.30 Å². The summed E-state index contributed by atoms with van der Waals surface area (Å²) >= 11 is 0. The average Bonchev–Trinajstić information content (AvgIpc) is 3.47. The smallest absolute Gasteiger partial charge is 0.414 e. The van der Waals surface area contributed by atoms with Crippen LogP contribution in [0.4, 0.5) is 0 Å². The fourth-order valence-corrected chi connectivity index (χ4v) is 5.01. The van der Waals surface area contributed by atoms with Crippen molar-refractivity contribution < 1.29 is 38.9 Å². The van der Waals surface area contributed by atoms with Crippen molar-refractivity contribution in [1.29, 1.82) is 0 Å². The second kappa shape index (κ2) is 18.9. The molecule has 0 aliphatic rings. The third-order valence-corrected chi connectivity index (χ3v) is 7.43. The number of esters is 1. The monoisotopic (exact) mass is 644 g/mol. The van der Waals surface area contributed by atoms with E-state index in [4.69, 9.17) is 29.3 Å². The molecule has 4 aromatic rings. The van der Waals surface area contributed by atoms with Gasteiger partial charge in [-0.25, -0.2) is 14.4 Å². The van der Waals surface area contributed by atoms with Gasteiger partial charge in [0.05, 0.1) is 18.8 Å². The Kier molecular flexibility index (Phi) is 14.7. The number of aliphatic carboxylic acids is 2. The van der Waals surface area contributed by atoms with Gasteiger partial charge in [-0.1, -0.05) is 57.0 Å². The molecule has 0 saturated heterocycles. The molecule has 0 spiro atoms. The van der Waals surface area contributed by atoms with Crippen molar-refractivity contribution in [3.8, 4) is 16.9 Å². The fraction of sp³-hybridized carbons (Fsp3) is 0.351. The molecule has 4 rings (SSSR count). The first-order valence-electron chi connectivity index (χ1n) is 16.0. The number of rotatable bonds is 16. The van der Waals surface area contributed by atoms with Gasteiger partial charge in [-0.3, -0.25) is 4.79 Å². The molecule has 0 unspecified atom stereocenters. The Morgan fingerprint density at radius 2 is 1.36 bits per heavy atom. The van der Waals surface area contributed by atoms with Gasteiger partial charge in [0.1, 0.15) is 11.4 Å². The number of benzene rings is 2. The van der Waals surface area contributed by atoms with Crippen LogP contribution in [-0.4, -0.2) is 76.1 Å². The molecule has 250 valence electrons. The number of carbonyl (C=O) groups excluding carboxylic acids is 2. The van der Waals surface area contributed by atoms with Crippen molar-refractivity contribution in [3.05, 3.63) is 95.8 Å². The lowest BCUT2D eigenvalue weighted by molar-refractivity contribution is -0.159. The number of nitrogens with zero attached hydrogens (tertiary/aromatic N) is 2. The molecule has 2 aromatic heterocycles. The van der Waals surface area contributed by atoms with E-state index in [0.717, 1.165) is 48.4 Å². The van der Waals surface area contributed by atoms with Gasteiger partial charge in [0.15, 0.2) is 0 Å². The molecular weight excluding hydrogens is 600 g/mol. The summed E-state index contributed by atoms with van der Waals surface area (Å²) in [6.07, 6.45) is 7.63. The molecule has 0 aliphatic heterocycles. The van der Waals surface area contributed by atoms with E-state index in [1.807, 2.05) is 65.1 Å². The minimum absolute atomic E-state index is 0.0956. The van der Waals surface area contributed by atoms with E-state index >= 15 is 0 Å². The van der Waals surface area contributed by atoms with Gasteiger partial charge in [0, 0.05) is 29.4 Å². The van der Waals surface area contributed by atoms with Crippen LogP contribution in [0, 0.1) is 0 Å². The molecule has 0 aliphatic carbocycles. The molecule has 10 nitrogen and oxygen atoms in total. The van der Waals surface area contributed by atoms with Crippen LogP contribution in [0.3, 0.4) is 0 Å². The maximum absolute atomic E-state index is 13.9. The first kappa shape index (κ1) is 36.5. The number of unbranched alkanes of at least 4 members (excludes halogenated alkanes) is 2. The number of pyridine rings is 1. The van der Waals surface area contributed by atoms with Crippen LogP contribution in [0.2, 0.25) is 0 Å². The number of aromatic nitrogens is 1. The Labute approximate surface area is 275 Å². The Balaban J connectivity index is 0.000000913. The third kappa shape index (κ3) is 10.8. The summed E-state index contributed by atoms with van der Waals surface area (Å²) in [6.45, 7) is 10.5. The number of ketones is 1. The Morgan fingerprint density at radius 3 is 1.94 bits per heavy atom. The number of carboxylic acids is 2. The zero-order valence-corrected chi connectivity index (χ0v) is 27.3. The SMILES string of the molecule is CCCCN(CCCC)CCCOc1ccc(C(=O)c2c(-c3ccccc3)cc3cc(C(=O)OCC)ccn23)cc1.O=C(O)C(=O)O. The van der Waals surface area contributed by atoms with Gasteiger partial charge in [-0.05, 0) is 87.3 Å². The van der Waals surface area contributed by atoms with Crippen LogP contribution in [0.15, 0.2) is 79.0 Å². The van der Waals surface area contributed by atoms with E-state index in [9.17, 15) is 9.59 Å². The molecule has 0 saturated carbocycles. The van der Waals surface area contributed by atoms with E-state index in [0.29, 0.717) is 30.0 Å². The minimum Gasteiger partial charge on any atom is -0.494 e. The second-order valence-corrected chi connectivity index (χ2v) is 10.9. The number of ether oxygens (including phenoxy) is 2. The quantitative estimate of drug-likeness (QED) is 0.0582. The molecule has 0 fully saturated rings. The normalized spacial score (nSPS) is 10.7. The zero-order chi connectivity index (χ0) is 34.2. The van der Waals surface area contributed by atoms with Crippen LogP contribution >= 0.6 is 0 Å². The Bertz CT molecular complexity index is 1590. The predicted octanol–water partition coefficient (Wildman–Crippen LogP) is 6.84. The molecule has 2 heterocycles. The van der Waals surface area contributed by atoms with Crippen molar-refractivity contribution in [2.24, 2.45) is 0 Å². The lowest BCUT2D eigenvalue weighted by Gasteiger charge is -2.21. The third-order valence-electron chi connectivity index (χ3n) is 7.43. The highest BCUT2D eigenvalue weighted by Gasteiger charge is 2.21. The molecule has 0 bridgehead atoms. The van der Waals surface area contributed by atoms with E-state index in [-0.39, 0.29) is 11.8 Å². The maximum atomic E-state index is 13.9. The van der Waals surface area contributed by atoms with Gasteiger partial charge >= 0.3 is 17.9 Å². The van der Waals surface area contributed by atoms with Gasteiger partial charge in [0.2, 0.25) is 5.78 Å². The molecule has 10 heteroatoms. The lowest BCUT2D eigenvalue weighted by Crippen LogP contribution is -2.28. The predicted molar refractivity (Wildman–Crippen MR) is 180 cm³/mol. The van der Waals surface area contributed by atoms with Gasteiger partial charge in [-0.15, -0.1) is 0 Å². The Hall–Kier alpha value is -4.96. The number of hydrogen-bond donors (Lipinski definition) is 2. The van der Waals surface area contributed by atoms with Crippen LogP contribution in [-0.2, 0) is 14.3 Å². The summed E-state index contributed by atoms with van der Waals surface area (Å²) in [5, 5.41) is 14.8. The molecule has 0 atom stereocenters. The summed E-state index contributed by atoms with van der Waals surface area (Å²) in [5.41, 5.74) is 4.08. The molecule has 47 heavy (non-hydrogen) atoms. The highest BCUT2D eigenvalue weighted by atomic mass is 16.5. The van der Waals surface area contributed by atoms with E-state index in [1.54, 1.807) is 25.3 Å². The maximum Gasteiger partial charge on any atom is 0.414 e. The summed E-state index contributed by atoms with van der Waals surface area (Å²) in [7, 11) is 0. The van der Waals surface area contributed by atoms with Gasteiger partial charge in [-0.2, -0.15) is 0 Å². The van der Waals surface area contributed by atoms with E-state index in [2.05, 4.69) is 18.7 Å². The average molecular weight is 645 g/mol. The first-order chi connectivity index (χ1) is 22.7. The second-order valence-electron chi connectivity index (χ2n) is 10.9. The highest BCUT2D eigenvalue weighted by molar-refractivity contribution is 6.27. The molecule has 0 radical (unpaired) electrons. The lowest BCUT2D eigenvalue weighted by atomic mass is 10.0. The zero-order valence-electron chi connectivity index (χ0n) is 27.3. The van der Waals surface area contributed by atoms with Crippen molar-refractivity contribution in [2.45, 2.75) is 52.9 Å². The standard InChI is InChI=1S/C35H42N2O4.C2H2O4/c1-4-7-20-36(21-8-5-2)22-12-24-41-31-17-15-28(16-18-31)34(38)33-32(27-13-10-9-11-14-27)26-30-25-29(19-23-37(30)33)35(39)40-6-3;3-1(4)2(5)6/h9-11,13-19,23,25-26H,4-8,12,20-22,24H2,1-3H3;(H,3,4)(H,5,6). The summed E-state index contributed by atoms with van der Waals surface area (Å²) in [4.78, 5) is 47.0. The number of fused-ring (bicyclic) bond motifs is 1. The number of carboxylic acid groups (broad SMARTS) is 2. The van der Waals surface area contributed by atoms with Crippen molar-refractivity contribution >= 4 is 29.2 Å². The van der Waals surface area contributed by atoms with Gasteiger partial charge < -0.3 is 29.0 Å². The number of hydrogen-bond acceptors (Lipinski definition) is 7. The van der Waals surface area contributed by atoms with Crippen LogP contribution in [0.25, 0.3) is 16.6 Å². The van der Waals surface area contributed by atoms with Crippen LogP contribution < -0.4 is 4.74 Å².